The van der Waals surface area contributed by atoms with Crippen LogP contribution in [0.25, 0.3) is 0 Å². The first-order valence-electron chi connectivity index (χ1n) is 4.76. The minimum absolute atomic E-state index is 0.0735. The van der Waals surface area contributed by atoms with E-state index >= 15 is 0 Å². The van der Waals surface area contributed by atoms with Gasteiger partial charge in [-0.15, -0.1) is 11.6 Å². The van der Waals surface area contributed by atoms with Gasteiger partial charge in [-0.1, -0.05) is 11.6 Å². The lowest BCUT2D eigenvalue weighted by Gasteiger charge is -2.19. The first kappa shape index (κ1) is 13.1. The number of methoxy groups -OCH3 is 1. The zero-order valence-corrected chi connectivity index (χ0v) is 10.7. The van der Waals surface area contributed by atoms with Crippen molar-refractivity contribution in [2.75, 3.05) is 24.9 Å². The Bertz CT molecular complexity index is 382. The molecule has 5 heteroatoms. The molecule has 0 fully saturated rings. The van der Waals surface area contributed by atoms with Gasteiger partial charge in [0.1, 0.15) is 5.75 Å². The van der Waals surface area contributed by atoms with Crippen LogP contribution >= 0.6 is 23.2 Å². The molecule has 16 heavy (non-hydrogen) atoms. The molecule has 1 amide bonds. The normalized spacial score (nSPS) is 10.0. The molecule has 0 saturated carbocycles. The fraction of sp³-hybridized carbons (Fsp3) is 0.364. The predicted molar refractivity (Wildman–Crippen MR) is 66.8 cm³/mol. The summed E-state index contributed by atoms with van der Waals surface area (Å²) in [5, 5.41) is 0.557. The van der Waals surface area contributed by atoms with E-state index in [0.717, 1.165) is 0 Å². The number of benzene rings is 1. The molecule has 0 aliphatic rings. The number of rotatable bonds is 4. The molecule has 0 spiro atoms. The van der Waals surface area contributed by atoms with Gasteiger partial charge in [0.2, 0.25) is 5.91 Å². The highest BCUT2D eigenvalue weighted by Crippen LogP contribution is 2.30. The van der Waals surface area contributed by atoms with E-state index in [1.165, 1.54) is 4.90 Å². The minimum atomic E-state index is -0.0735. The number of amides is 1. The Morgan fingerprint density at radius 1 is 1.50 bits per heavy atom. The number of hydrogen-bond donors (Lipinski definition) is 0. The summed E-state index contributed by atoms with van der Waals surface area (Å²) < 4.78 is 5.16. The van der Waals surface area contributed by atoms with Crippen LogP contribution < -0.4 is 9.64 Å². The maximum atomic E-state index is 11.7. The van der Waals surface area contributed by atoms with Crippen LogP contribution in [0.1, 0.15) is 6.42 Å². The number of nitrogens with zero attached hydrogens (tertiary/aromatic N) is 1. The second-order valence-corrected chi connectivity index (χ2v) is 4.02. The Morgan fingerprint density at radius 2 is 2.19 bits per heavy atom. The van der Waals surface area contributed by atoms with Crippen molar-refractivity contribution in [2.45, 2.75) is 6.42 Å². The average Bonchev–Trinajstić information content (AvgIpc) is 2.28. The molecule has 0 aliphatic carbocycles. The second kappa shape index (κ2) is 5.97. The molecule has 3 nitrogen and oxygen atoms in total. The number of halogens is 2. The van der Waals surface area contributed by atoms with Gasteiger partial charge in [0.25, 0.3) is 0 Å². The first-order chi connectivity index (χ1) is 7.60. The molecule has 0 heterocycles. The van der Waals surface area contributed by atoms with Gasteiger partial charge in [-0.25, -0.2) is 0 Å². The van der Waals surface area contributed by atoms with Crippen molar-refractivity contribution >= 4 is 34.8 Å². The third kappa shape index (κ3) is 3.03. The van der Waals surface area contributed by atoms with E-state index in [0.29, 0.717) is 22.3 Å². The van der Waals surface area contributed by atoms with E-state index in [1.807, 2.05) is 0 Å². The maximum absolute atomic E-state index is 11.7. The summed E-state index contributed by atoms with van der Waals surface area (Å²) in [6.07, 6.45) is 0.285. The van der Waals surface area contributed by atoms with Crippen LogP contribution in [0.15, 0.2) is 18.2 Å². The highest BCUT2D eigenvalue weighted by molar-refractivity contribution is 6.31. The second-order valence-electron chi connectivity index (χ2n) is 3.21. The Labute approximate surface area is 105 Å². The standard InChI is InChI=1S/C11H13Cl2NO2/c1-14(11(15)5-6-12)9-7-8(13)3-4-10(9)16-2/h3-4,7H,5-6H2,1-2H3. The topological polar surface area (TPSA) is 29.5 Å². The Kier molecular flexibility index (Phi) is 4.90. The number of anilines is 1. The zero-order chi connectivity index (χ0) is 12.1. The van der Waals surface area contributed by atoms with Gasteiger partial charge < -0.3 is 9.64 Å². The average molecular weight is 262 g/mol. The number of carbonyl (C=O) groups is 1. The molecule has 1 aromatic rings. The number of carbonyl (C=O) groups excluding carboxylic acids is 1. The van der Waals surface area contributed by atoms with Crippen molar-refractivity contribution in [1.29, 1.82) is 0 Å². The zero-order valence-electron chi connectivity index (χ0n) is 9.17. The van der Waals surface area contributed by atoms with Crippen LogP contribution in [0.3, 0.4) is 0 Å². The van der Waals surface area contributed by atoms with Crippen LogP contribution in [-0.4, -0.2) is 25.9 Å². The van der Waals surface area contributed by atoms with E-state index in [4.69, 9.17) is 27.9 Å². The van der Waals surface area contributed by atoms with E-state index in [-0.39, 0.29) is 12.3 Å². The van der Waals surface area contributed by atoms with Gasteiger partial charge >= 0.3 is 0 Å². The largest absolute Gasteiger partial charge is 0.495 e. The monoisotopic (exact) mass is 261 g/mol. The van der Waals surface area contributed by atoms with Gasteiger partial charge in [0.15, 0.2) is 0 Å². The SMILES string of the molecule is COc1ccc(Cl)cc1N(C)C(=O)CCCl. The number of ether oxygens (including phenoxy) is 1. The third-order valence-electron chi connectivity index (χ3n) is 2.18. The highest BCUT2D eigenvalue weighted by atomic mass is 35.5. The molecule has 0 radical (unpaired) electrons. The highest BCUT2D eigenvalue weighted by Gasteiger charge is 2.14. The van der Waals surface area contributed by atoms with Crippen molar-refractivity contribution in [3.63, 3.8) is 0 Å². The van der Waals surface area contributed by atoms with Crippen LogP contribution in [0, 0.1) is 0 Å². The third-order valence-corrected chi connectivity index (χ3v) is 2.61. The molecule has 1 aromatic carbocycles. The fourth-order valence-corrected chi connectivity index (χ4v) is 1.64. The smallest absolute Gasteiger partial charge is 0.228 e. The van der Waals surface area contributed by atoms with E-state index in [2.05, 4.69) is 0 Å². The van der Waals surface area contributed by atoms with Crippen LogP contribution in [0.4, 0.5) is 5.69 Å². The lowest BCUT2D eigenvalue weighted by Crippen LogP contribution is -2.26. The summed E-state index contributed by atoms with van der Waals surface area (Å²) in [4.78, 5) is 13.2. The van der Waals surface area contributed by atoms with Gasteiger partial charge in [0, 0.05) is 24.4 Å². The first-order valence-corrected chi connectivity index (χ1v) is 5.67. The van der Waals surface area contributed by atoms with Crippen molar-refractivity contribution in [3.05, 3.63) is 23.2 Å². The fourth-order valence-electron chi connectivity index (χ4n) is 1.31. The van der Waals surface area contributed by atoms with Gasteiger partial charge in [-0.05, 0) is 18.2 Å². The lowest BCUT2D eigenvalue weighted by atomic mass is 10.2. The summed E-state index contributed by atoms with van der Waals surface area (Å²) in [6.45, 7) is 0. The van der Waals surface area contributed by atoms with E-state index in [1.54, 1.807) is 32.4 Å². The Morgan fingerprint density at radius 3 is 2.75 bits per heavy atom. The minimum Gasteiger partial charge on any atom is -0.495 e. The van der Waals surface area contributed by atoms with E-state index in [9.17, 15) is 4.79 Å². The Hall–Kier alpha value is -0.930. The molecule has 0 aromatic heterocycles. The molecule has 0 unspecified atom stereocenters. The van der Waals surface area contributed by atoms with Crippen LogP contribution in [0.5, 0.6) is 5.75 Å². The van der Waals surface area contributed by atoms with Gasteiger partial charge in [0.05, 0.1) is 12.8 Å². The quantitative estimate of drug-likeness (QED) is 0.781. The van der Waals surface area contributed by atoms with Crippen LogP contribution in [-0.2, 0) is 4.79 Å². The molecule has 88 valence electrons. The summed E-state index contributed by atoms with van der Waals surface area (Å²) in [5.74, 6) is 0.830. The molecule has 0 aliphatic heterocycles. The van der Waals surface area contributed by atoms with Gasteiger partial charge in [-0.3, -0.25) is 4.79 Å². The molecule has 0 atom stereocenters. The number of alkyl halides is 1. The maximum Gasteiger partial charge on any atom is 0.228 e. The molecule has 0 N–H and O–H groups in total. The number of hydrogen-bond acceptors (Lipinski definition) is 2. The lowest BCUT2D eigenvalue weighted by molar-refractivity contribution is -0.117. The molecule has 0 bridgehead atoms. The van der Waals surface area contributed by atoms with Crippen molar-refractivity contribution < 1.29 is 9.53 Å². The summed E-state index contributed by atoms with van der Waals surface area (Å²) >= 11 is 11.4. The van der Waals surface area contributed by atoms with Gasteiger partial charge in [-0.2, -0.15) is 0 Å². The molecule has 0 saturated heterocycles. The summed E-state index contributed by atoms with van der Waals surface area (Å²) in [7, 11) is 3.22. The summed E-state index contributed by atoms with van der Waals surface area (Å²) in [5.41, 5.74) is 0.644. The van der Waals surface area contributed by atoms with Crippen LogP contribution in [0.2, 0.25) is 5.02 Å². The molecular formula is C11H13Cl2NO2. The van der Waals surface area contributed by atoms with E-state index < -0.39 is 0 Å². The van der Waals surface area contributed by atoms with Crippen molar-refractivity contribution in [2.24, 2.45) is 0 Å². The Balaban J connectivity index is 3.01. The van der Waals surface area contributed by atoms with Crippen molar-refractivity contribution in [1.82, 2.24) is 0 Å². The summed E-state index contributed by atoms with van der Waals surface area (Å²) in [6, 6.07) is 5.12. The van der Waals surface area contributed by atoms with Crippen molar-refractivity contribution in [3.8, 4) is 5.75 Å². The molecule has 1 rings (SSSR count). The predicted octanol–water partition coefficient (Wildman–Crippen LogP) is 2.94. The molecular weight excluding hydrogens is 249 g/mol.